The molecule has 0 aromatic heterocycles. The normalized spacial score (nSPS) is 39.2. The van der Waals surface area contributed by atoms with Crippen molar-refractivity contribution >= 4 is 5.97 Å². The van der Waals surface area contributed by atoms with Crippen molar-refractivity contribution in [3.05, 3.63) is 0 Å². The fraction of sp³-hybridized carbons (Fsp3) is 0.929. The van der Waals surface area contributed by atoms with Gasteiger partial charge in [0.05, 0.1) is 0 Å². The third-order valence-electron chi connectivity index (χ3n) is 5.12. The lowest BCUT2D eigenvalue weighted by Gasteiger charge is -2.30. The summed E-state index contributed by atoms with van der Waals surface area (Å²) in [5, 5.41) is 9.49. The summed E-state index contributed by atoms with van der Waals surface area (Å²) in [4.78, 5) is 13.8. The van der Waals surface area contributed by atoms with Gasteiger partial charge in [0.15, 0.2) is 0 Å². The van der Waals surface area contributed by atoms with Gasteiger partial charge in [0, 0.05) is 12.6 Å². The summed E-state index contributed by atoms with van der Waals surface area (Å²) >= 11 is 0. The average Bonchev–Trinajstić information content (AvgIpc) is 2.84. The highest BCUT2D eigenvalue weighted by molar-refractivity contribution is 5.74. The zero-order valence-electron chi connectivity index (χ0n) is 10.6. The van der Waals surface area contributed by atoms with Crippen molar-refractivity contribution in [3.63, 3.8) is 0 Å². The van der Waals surface area contributed by atoms with E-state index in [0.29, 0.717) is 17.9 Å². The molecular weight excluding hydrogens is 214 g/mol. The van der Waals surface area contributed by atoms with Crippen LogP contribution in [0.1, 0.15) is 45.4 Å². The van der Waals surface area contributed by atoms with E-state index in [1.807, 2.05) is 0 Å². The zero-order valence-corrected chi connectivity index (χ0v) is 10.6. The molecule has 0 radical (unpaired) electrons. The van der Waals surface area contributed by atoms with Crippen LogP contribution in [0.15, 0.2) is 0 Å². The van der Waals surface area contributed by atoms with Gasteiger partial charge >= 0.3 is 5.97 Å². The number of aliphatic carboxylic acids is 1. The van der Waals surface area contributed by atoms with Gasteiger partial charge in [0.1, 0.15) is 6.04 Å². The van der Waals surface area contributed by atoms with Crippen molar-refractivity contribution in [2.45, 2.75) is 57.5 Å². The Morgan fingerprint density at radius 2 is 2.12 bits per heavy atom. The van der Waals surface area contributed by atoms with Crippen LogP contribution in [0, 0.1) is 17.8 Å². The Kier molecular flexibility index (Phi) is 2.89. The second-order valence-electron chi connectivity index (χ2n) is 6.36. The molecule has 96 valence electrons. The smallest absolute Gasteiger partial charge is 0.321 e. The van der Waals surface area contributed by atoms with Crippen LogP contribution in [0.5, 0.6) is 0 Å². The second-order valence-corrected chi connectivity index (χ2v) is 6.36. The Morgan fingerprint density at radius 1 is 1.35 bits per heavy atom. The van der Waals surface area contributed by atoms with E-state index in [0.717, 1.165) is 18.9 Å². The Morgan fingerprint density at radius 3 is 2.76 bits per heavy atom. The highest BCUT2D eigenvalue weighted by atomic mass is 16.4. The average molecular weight is 237 g/mol. The summed E-state index contributed by atoms with van der Waals surface area (Å²) in [5.41, 5.74) is 0. The number of carboxylic acid groups (broad SMARTS) is 1. The van der Waals surface area contributed by atoms with Gasteiger partial charge in [-0.3, -0.25) is 9.69 Å². The lowest BCUT2D eigenvalue weighted by molar-refractivity contribution is -0.144. The van der Waals surface area contributed by atoms with E-state index >= 15 is 0 Å². The van der Waals surface area contributed by atoms with E-state index in [2.05, 4.69) is 11.8 Å². The predicted octanol–water partition coefficient (Wildman–Crippen LogP) is 2.36. The fourth-order valence-corrected chi connectivity index (χ4v) is 4.09. The Balaban J connectivity index is 1.71. The van der Waals surface area contributed by atoms with Gasteiger partial charge in [0.2, 0.25) is 0 Å². The number of nitrogens with zero attached hydrogens (tertiary/aromatic N) is 1. The molecule has 3 heteroatoms. The molecule has 2 saturated carbocycles. The first kappa shape index (κ1) is 11.5. The van der Waals surface area contributed by atoms with Crippen molar-refractivity contribution in [1.29, 1.82) is 0 Å². The number of rotatable bonds is 4. The van der Waals surface area contributed by atoms with Crippen molar-refractivity contribution in [1.82, 2.24) is 4.90 Å². The van der Waals surface area contributed by atoms with Crippen LogP contribution < -0.4 is 0 Å². The summed E-state index contributed by atoms with van der Waals surface area (Å²) in [5.74, 6) is 1.41. The summed E-state index contributed by atoms with van der Waals surface area (Å²) < 4.78 is 0. The molecule has 1 N–H and O–H groups in total. The van der Waals surface area contributed by atoms with E-state index in [1.165, 1.54) is 32.1 Å². The van der Waals surface area contributed by atoms with Gasteiger partial charge in [-0.1, -0.05) is 19.3 Å². The lowest BCUT2D eigenvalue weighted by atomic mass is 9.94. The maximum Gasteiger partial charge on any atom is 0.321 e. The van der Waals surface area contributed by atoms with Gasteiger partial charge < -0.3 is 5.11 Å². The van der Waals surface area contributed by atoms with Crippen molar-refractivity contribution in [3.8, 4) is 0 Å². The summed E-state index contributed by atoms with van der Waals surface area (Å²) in [6.07, 6.45) is 7.56. The molecule has 4 atom stereocenters. The highest BCUT2D eigenvalue weighted by Gasteiger charge is 2.49. The van der Waals surface area contributed by atoms with Crippen LogP contribution in [0.3, 0.4) is 0 Å². The minimum Gasteiger partial charge on any atom is -0.480 e. The molecule has 17 heavy (non-hydrogen) atoms. The molecule has 4 unspecified atom stereocenters. The van der Waals surface area contributed by atoms with Crippen molar-refractivity contribution in [2.24, 2.45) is 17.8 Å². The topological polar surface area (TPSA) is 40.5 Å². The standard InChI is InChI=1S/C14H23NO2/c1-9(7-10-5-6-10)15-8-11-3-2-4-12(11)13(15)14(16)17/h9-13H,2-8H2,1H3,(H,16,17). The van der Waals surface area contributed by atoms with Crippen LogP contribution >= 0.6 is 0 Å². The van der Waals surface area contributed by atoms with Crippen LogP contribution in [0.4, 0.5) is 0 Å². The fourth-order valence-electron chi connectivity index (χ4n) is 4.09. The zero-order chi connectivity index (χ0) is 12.0. The number of fused-ring (bicyclic) bond motifs is 1. The first-order valence-electron chi connectivity index (χ1n) is 7.15. The third kappa shape index (κ3) is 2.10. The van der Waals surface area contributed by atoms with Crippen LogP contribution in [-0.4, -0.2) is 34.6 Å². The molecule has 3 aliphatic rings. The first-order valence-corrected chi connectivity index (χ1v) is 7.15. The quantitative estimate of drug-likeness (QED) is 0.816. The summed E-state index contributed by atoms with van der Waals surface area (Å²) in [7, 11) is 0. The minimum atomic E-state index is -0.581. The summed E-state index contributed by atoms with van der Waals surface area (Å²) in [6, 6.07) is 0.283. The van der Waals surface area contributed by atoms with Gasteiger partial charge in [-0.15, -0.1) is 0 Å². The molecule has 1 aliphatic heterocycles. The highest BCUT2D eigenvalue weighted by Crippen LogP contribution is 2.44. The molecule has 3 nitrogen and oxygen atoms in total. The number of carbonyl (C=O) groups is 1. The van der Waals surface area contributed by atoms with E-state index < -0.39 is 5.97 Å². The molecular formula is C14H23NO2. The Hall–Kier alpha value is -0.570. The van der Waals surface area contributed by atoms with Crippen LogP contribution in [-0.2, 0) is 4.79 Å². The van der Waals surface area contributed by atoms with E-state index in [9.17, 15) is 9.90 Å². The van der Waals surface area contributed by atoms with Crippen molar-refractivity contribution < 1.29 is 9.90 Å². The molecule has 2 aliphatic carbocycles. The minimum absolute atomic E-state index is 0.184. The van der Waals surface area contributed by atoms with E-state index in [4.69, 9.17) is 0 Å². The molecule has 0 spiro atoms. The lowest BCUT2D eigenvalue weighted by Crippen LogP contribution is -2.44. The largest absolute Gasteiger partial charge is 0.480 e. The molecule has 0 amide bonds. The van der Waals surface area contributed by atoms with Crippen LogP contribution in [0.2, 0.25) is 0 Å². The summed E-state index contributed by atoms with van der Waals surface area (Å²) in [6.45, 7) is 3.27. The van der Waals surface area contributed by atoms with Gasteiger partial charge in [-0.05, 0) is 43.9 Å². The number of hydrogen-bond donors (Lipinski definition) is 1. The number of carboxylic acids is 1. The number of hydrogen-bond acceptors (Lipinski definition) is 2. The maximum absolute atomic E-state index is 11.5. The van der Waals surface area contributed by atoms with Gasteiger partial charge in [0.25, 0.3) is 0 Å². The molecule has 1 heterocycles. The van der Waals surface area contributed by atoms with Crippen LogP contribution in [0.25, 0.3) is 0 Å². The molecule has 3 fully saturated rings. The van der Waals surface area contributed by atoms with Gasteiger partial charge in [-0.25, -0.2) is 0 Å². The number of likely N-dealkylation sites (tertiary alicyclic amines) is 1. The molecule has 0 bridgehead atoms. The molecule has 3 rings (SSSR count). The monoisotopic (exact) mass is 237 g/mol. The van der Waals surface area contributed by atoms with E-state index in [1.54, 1.807) is 0 Å². The third-order valence-corrected chi connectivity index (χ3v) is 5.12. The molecule has 1 saturated heterocycles. The van der Waals surface area contributed by atoms with Gasteiger partial charge in [-0.2, -0.15) is 0 Å². The SMILES string of the molecule is CC(CC1CC1)N1CC2CCCC2C1C(=O)O. The Bertz CT molecular complexity index is 313. The molecule has 0 aromatic carbocycles. The Labute approximate surface area is 103 Å². The first-order chi connectivity index (χ1) is 8.16. The van der Waals surface area contributed by atoms with E-state index in [-0.39, 0.29) is 6.04 Å². The second kappa shape index (κ2) is 4.27. The predicted molar refractivity (Wildman–Crippen MR) is 65.8 cm³/mol. The molecule has 0 aromatic rings. The van der Waals surface area contributed by atoms with Crippen molar-refractivity contribution in [2.75, 3.05) is 6.54 Å². The maximum atomic E-state index is 11.5.